The molecular weight excluding hydrogens is 360 g/mol. The number of aliphatic imine (C=N–C) groups is 1. The molecule has 1 unspecified atom stereocenters. The Kier molecular flexibility index (Phi) is 10.4. The highest BCUT2D eigenvalue weighted by molar-refractivity contribution is 7.98. The highest BCUT2D eigenvalue weighted by Gasteiger charge is 2.22. The van der Waals surface area contributed by atoms with E-state index >= 15 is 0 Å². The van der Waals surface area contributed by atoms with Crippen molar-refractivity contribution in [3.8, 4) is 5.75 Å². The number of thioether (sulfide) groups is 1. The number of hydrogen-bond acceptors (Lipinski definition) is 5. The van der Waals surface area contributed by atoms with E-state index in [1.165, 1.54) is 5.56 Å². The van der Waals surface area contributed by atoms with Gasteiger partial charge in [0.2, 0.25) is 0 Å². The van der Waals surface area contributed by atoms with Gasteiger partial charge < -0.3 is 20.1 Å². The lowest BCUT2D eigenvalue weighted by molar-refractivity contribution is 0.0179. The van der Waals surface area contributed by atoms with Gasteiger partial charge in [-0.15, -0.1) is 0 Å². The second-order valence-corrected chi connectivity index (χ2v) is 7.42. The predicted molar refractivity (Wildman–Crippen MR) is 115 cm³/mol. The molecule has 2 N–H and O–H groups in total. The molecule has 0 saturated carbocycles. The van der Waals surface area contributed by atoms with Crippen molar-refractivity contribution in [1.29, 1.82) is 0 Å². The topological polar surface area (TPSA) is 58.1 Å². The molecule has 0 aliphatic carbocycles. The van der Waals surface area contributed by atoms with Crippen LogP contribution in [0.15, 0.2) is 29.3 Å². The van der Waals surface area contributed by atoms with Crippen LogP contribution >= 0.6 is 11.8 Å². The normalized spacial score (nSPS) is 16.8. The molecule has 1 saturated heterocycles. The molecule has 1 aliphatic rings. The highest BCUT2D eigenvalue weighted by Crippen LogP contribution is 2.24. The van der Waals surface area contributed by atoms with Gasteiger partial charge in [-0.1, -0.05) is 12.1 Å². The van der Waals surface area contributed by atoms with E-state index in [9.17, 15) is 0 Å². The third-order valence-electron chi connectivity index (χ3n) is 4.57. The third-order valence-corrected chi connectivity index (χ3v) is 5.27. The average Bonchev–Trinajstić information content (AvgIpc) is 2.72. The minimum absolute atomic E-state index is 0.237. The van der Waals surface area contributed by atoms with Crippen LogP contribution in [0.1, 0.15) is 24.9 Å². The third kappa shape index (κ3) is 7.60. The van der Waals surface area contributed by atoms with E-state index in [2.05, 4.69) is 40.8 Å². The molecule has 6 nitrogen and oxygen atoms in total. The number of nitrogens with one attached hydrogen (secondary N) is 2. The molecule has 0 radical (unpaired) electrons. The number of hydrogen-bond donors (Lipinski definition) is 2. The van der Waals surface area contributed by atoms with E-state index in [0.717, 1.165) is 63.3 Å². The Morgan fingerprint density at radius 2 is 2.00 bits per heavy atom. The summed E-state index contributed by atoms with van der Waals surface area (Å²) in [5, 5.41) is 6.80. The fraction of sp³-hybridized carbons (Fsp3) is 0.650. The molecular formula is C20H34N4O2S. The number of methoxy groups -OCH3 is 1. The maximum atomic E-state index is 5.54. The molecule has 2 rings (SSSR count). The molecule has 1 aromatic carbocycles. The first-order valence-corrected chi connectivity index (χ1v) is 11.1. The number of morpholine rings is 1. The van der Waals surface area contributed by atoms with Crippen LogP contribution in [0, 0.1) is 0 Å². The Morgan fingerprint density at radius 3 is 2.63 bits per heavy atom. The lowest BCUT2D eigenvalue weighted by atomic mass is 10.0. The van der Waals surface area contributed by atoms with Gasteiger partial charge in [0.1, 0.15) is 5.75 Å². The van der Waals surface area contributed by atoms with Crippen molar-refractivity contribution in [3.63, 3.8) is 0 Å². The fourth-order valence-electron chi connectivity index (χ4n) is 3.09. The lowest BCUT2D eigenvalue weighted by Gasteiger charge is -2.34. The standard InChI is InChI=1S/C20H34N4O2S/c1-4-21-20(22-10-5-15-27-3)23-16-19(24-11-13-26-14-12-24)17-6-8-18(25-2)9-7-17/h6-9,19H,4-5,10-16H2,1-3H3,(H2,21,22,23). The van der Waals surface area contributed by atoms with Gasteiger partial charge in [0.25, 0.3) is 0 Å². The molecule has 0 bridgehead atoms. The Hall–Kier alpha value is -1.44. The Bertz CT molecular complexity index is 547. The zero-order valence-electron chi connectivity index (χ0n) is 16.9. The van der Waals surface area contributed by atoms with E-state index in [1.54, 1.807) is 7.11 Å². The first-order valence-electron chi connectivity index (χ1n) is 9.75. The maximum absolute atomic E-state index is 5.54. The summed E-state index contributed by atoms with van der Waals surface area (Å²) in [6.45, 7) is 8.04. The summed E-state index contributed by atoms with van der Waals surface area (Å²) >= 11 is 1.87. The number of rotatable bonds is 10. The van der Waals surface area contributed by atoms with Crippen molar-refractivity contribution in [2.45, 2.75) is 19.4 Å². The number of benzene rings is 1. The van der Waals surface area contributed by atoms with Crippen molar-refractivity contribution in [1.82, 2.24) is 15.5 Å². The van der Waals surface area contributed by atoms with E-state index in [0.29, 0.717) is 6.54 Å². The summed E-state index contributed by atoms with van der Waals surface area (Å²) in [5.74, 6) is 2.94. The molecule has 27 heavy (non-hydrogen) atoms. The van der Waals surface area contributed by atoms with Gasteiger partial charge in [0, 0.05) is 26.2 Å². The first kappa shape index (κ1) is 21.9. The maximum Gasteiger partial charge on any atom is 0.191 e. The summed E-state index contributed by atoms with van der Waals surface area (Å²) < 4.78 is 10.8. The second kappa shape index (κ2) is 12.9. The highest BCUT2D eigenvalue weighted by atomic mass is 32.2. The first-order chi connectivity index (χ1) is 13.3. The van der Waals surface area contributed by atoms with Crippen LogP contribution < -0.4 is 15.4 Å². The lowest BCUT2D eigenvalue weighted by Crippen LogP contribution is -2.42. The van der Waals surface area contributed by atoms with E-state index in [-0.39, 0.29) is 6.04 Å². The van der Waals surface area contributed by atoms with E-state index in [1.807, 2.05) is 23.9 Å². The molecule has 1 aliphatic heterocycles. The summed E-state index contributed by atoms with van der Waals surface area (Å²) in [7, 11) is 1.70. The van der Waals surface area contributed by atoms with Crippen molar-refractivity contribution < 1.29 is 9.47 Å². The predicted octanol–water partition coefficient (Wildman–Crippen LogP) is 2.38. The fourth-order valence-corrected chi connectivity index (χ4v) is 3.52. The Morgan fingerprint density at radius 1 is 1.26 bits per heavy atom. The molecule has 152 valence electrons. The molecule has 7 heteroatoms. The largest absolute Gasteiger partial charge is 0.497 e. The summed E-state index contributed by atoms with van der Waals surface area (Å²) in [5.41, 5.74) is 1.26. The van der Waals surface area contributed by atoms with Crippen LogP contribution in [0.3, 0.4) is 0 Å². The molecule has 0 spiro atoms. The van der Waals surface area contributed by atoms with Crippen molar-refractivity contribution >= 4 is 17.7 Å². The van der Waals surface area contributed by atoms with Crippen molar-refractivity contribution in [3.05, 3.63) is 29.8 Å². The van der Waals surface area contributed by atoms with Gasteiger partial charge in [0.15, 0.2) is 5.96 Å². The molecule has 1 aromatic rings. The minimum atomic E-state index is 0.237. The Balaban J connectivity index is 2.08. The van der Waals surface area contributed by atoms with Crippen LogP contribution in [-0.2, 0) is 4.74 Å². The van der Waals surface area contributed by atoms with Crippen LogP contribution in [0.5, 0.6) is 5.75 Å². The molecule has 0 amide bonds. The Labute approximate surface area is 168 Å². The van der Waals surface area contributed by atoms with Gasteiger partial charge in [-0.05, 0) is 43.0 Å². The average molecular weight is 395 g/mol. The van der Waals surface area contributed by atoms with Gasteiger partial charge >= 0.3 is 0 Å². The smallest absolute Gasteiger partial charge is 0.191 e. The van der Waals surface area contributed by atoms with Crippen LogP contribution in [0.2, 0.25) is 0 Å². The number of guanidine groups is 1. The van der Waals surface area contributed by atoms with Crippen LogP contribution in [0.4, 0.5) is 0 Å². The number of ether oxygens (including phenoxy) is 2. The molecule has 0 aromatic heterocycles. The van der Waals surface area contributed by atoms with Gasteiger partial charge in [-0.2, -0.15) is 11.8 Å². The van der Waals surface area contributed by atoms with E-state index < -0.39 is 0 Å². The number of nitrogens with zero attached hydrogens (tertiary/aromatic N) is 2. The summed E-state index contributed by atoms with van der Waals surface area (Å²) in [4.78, 5) is 7.34. The summed E-state index contributed by atoms with van der Waals surface area (Å²) in [6, 6.07) is 8.58. The van der Waals surface area contributed by atoms with Crippen molar-refractivity contribution in [2.24, 2.45) is 4.99 Å². The van der Waals surface area contributed by atoms with Gasteiger partial charge in [-0.3, -0.25) is 9.89 Å². The molecule has 1 fully saturated rings. The van der Waals surface area contributed by atoms with Crippen LogP contribution in [-0.4, -0.2) is 75.9 Å². The second-order valence-electron chi connectivity index (χ2n) is 6.43. The van der Waals surface area contributed by atoms with Gasteiger partial charge in [-0.25, -0.2) is 0 Å². The van der Waals surface area contributed by atoms with Crippen LogP contribution in [0.25, 0.3) is 0 Å². The molecule has 1 heterocycles. The zero-order chi connectivity index (χ0) is 19.3. The minimum Gasteiger partial charge on any atom is -0.497 e. The monoisotopic (exact) mass is 394 g/mol. The van der Waals surface area contributed by atoms with Gasteiger partial charge in [0.05, 0.1) is 32.9 Å². The molecule has 1 atom stereocenters. The zero-order valence-corrected chi connectivity index (χ0v) is 17.7. The summed E-state index contributed by atoms with van der Waals surface area (Å²) in [6.07, 6.45) is 3.28. The quantitative estimate of drug-likeness (QED) is 0.361. The van der Waals surface area contributed by atoms with Crippen molar-refractivity contribution in [2.75, 3.05) is 65.1 Å². The SMILES string of the molecule is CCNC(=NCC(c1ccc(OC)cc1)N1CCOCC1)NCCCSC. The van der Waals surface area contributed by atoms with E-state index in [4.69, 9.17) is 14.5 Å².